The number of piperazine rings is 1. The molecule has 1 aliphatic heterocycles. The van der Waals surface area contributed by atoms with Crippen LogP contribution in [0.25, 0.3) is 11.1 Å². The van der Waals surface area contributed by atoms with Crippen molar-refractivity contribution in [1.82, 2.24) is 14.9 Å². The van der Waals surface area contributed by atoms with Crippen LogP contribution < -0.4 is 4.90 Å². The summed E-state index contributed by atoms with van der Waals surface area (Å²) in [6, 6.07) is 24.6. The van der Waals surface area contributed by atoms with Crippen molar-refractivity contribution >= 4 is 11.7 Å². The van der Waals surface area contributed by atoms with Crippen molar-refractivity contribution in [2.24, 2.45) is 0 Å². The zero-order valence-corrected chi connectivity index (χ0v) is 20.6. The van der Waals surface area contributed by atoms with Gasteiger partial charge in [-0.05, 0) is 54.8 Å². The second-order valence-corrected chi connectivity index (χ2v) is 9.19. The van der Waals surface area contributed by atoms with E-state index in [0.29, 0.717) is 44.0 Å². The van der Waals surface area contributed by atoms with Crippen molar-refractivity contribution in [2.45, 2.75) is 20.3 Å². The lowest BCUT2D eigenvalue weighted by atomic mass is 10.0. The van der Waals surface area contributed by atoms with Gasteiger partial charge < -0.3 is 9.80 Å². The van der Waals surface area contributed by atoms with E-state index in [4.69, 9.17) is 4.98 Å². The van der Waals surface area contributed by atoms with Crippen molar-refractivity contribution in [3.8, 4) is 11.1 Å². The first-order chi connectivity index (χ1) is 17.5. The second-order valence-electron chi connectivity index (χ2n) is 9.19. The fourth-order valence-corrected chi connectivity index (χ4v) is 4.78. The van der Waals surface area contributed by atoms with E-state index in [9.17, 15) is 9.18 Å². The van der Waals surface area contributed by atoms with E-state index < -0.39 is 0 Å². The standard InChI is InChI=1S/C30H29FN4O/c1-21-28(20-23-7-6-10-27(31)19-23)29(33-22(2)32-21)34-15-17-35(18-16-34)30(36)26-13-11-25(12-14-26)24-8-4-3-5-9-24/h3-14,19H,15-18,20H2,1-2H3. The van der Waals surface area contributed by atoms with Crippen LogP contribution in [0.1, 0.15) is 33.0 Å². The summed E-state index contributed by atoms with van der Waals surface area (Å²) in [5.41, 5.74) is 5.72. The Labute approximate surface area is 211 Å². The number of hydrogen-bond acceptors (Lipinski definition) is 4. The molecule has 182 valence electrons. The zero-order valence-electron chi connectivity index (χ0n) is 20.6. The van der Waals surface area contributed by atoms with E-state index >= 15 is 0 Å². The van der Waals surface area contributed by atoms with Gasteiger partial charge in [0.1, 0.15) is 17.5 Å². The number of hydrogen-bond donors (Lipinski definition) is 0. The molecule has 1 aliphatic rings. The molecule has 36 heavy (non-hydrogen) atoms. The van der Waals surface area contributed by atoms with Crippen molar-refractivity contribution in [3.05, 3.63) is 113 Å². The molecule has 0 unspecified atom stereocenters. The van der Waals surface area contributed by atoms with E-state index in [-0.39, 0.29) is 11.7 Å². The highest BCUT2D eigenvalue weighted by molar-refractivity contribution is 5.95. The van der Waals surface area contributed by atoms with Crippen LogP contribution in [-0.2, 0) is 6.42 Å². The highest BCUT2D eigenvalue weighted by atomic mass is 19.1. The maximum Gasteiger partial charge on any atom is 0.253 e. The topological polar surface area (TPSA) is 49.3 Å². The molecule has 5 nitrogen and oxygen atoms in total. The maximum absolute atomic E-state index is 13.8. The summed E-state index contributed by atoms with van der Waals surface area (Å²) in [5, 5.41) is 0. The summed E-state index contributed by atoms with van der Waals surface area (Å²) in [6.45, 7) is 6.45. The number of halogens is 1. The molecule has 1 fully saturated rings. The van der Waals surface area contributed by atoms with Crippen LogP contribution in [0.2, 0.25) is 0 Å². The lowest BCUT2D eigenvalue weighted by Gasteiger charge is -2.36. The monoisotopic (exact) mass is 480 g/mol. The number of nitrogens with zero attached hydrogens (tertiary/aromatic N) is 4. The van der Waals surface area contributed by atoms with Crippen molar-refractivity contribution in [1.29, 1.82) is 0 Å². The van der Waals surface area contributed by atoms with E-state index in [1.165, 1.54) is 6.07 Å². The summed E-state index contributed by atoms with van der Waals surface area (Å²) >= 11 is 0. The Morgan fingerprint density at radius 3 is 2.22 bits per heavy atom. The molecule has 0 radical (unpaired) electrons. The average molecular weight is 481 g/mol. The first-order valence-corrected chi connectivity index (χ1v) is 12.3. The van der Waals surface area contributed by atoms with Crippen LogP contribution in [0.15, 0.2) is 78.9 Å². The van der Waals surface area contributed by atoms with Gasteiger partial charge in [-0.1, -0.05) is 54.6 Å². The van der Waals surface area contributed by atoms with Gasteiger partial charge in [0.05, 0.1) is 0 Å². The van der Waals surface area contributed by atoms with E-state index in [1.54, 1.807) is 12.1 Å². The Bertz CT molecular complexity index is 1360. The van der Waals surface area contributed by atoms with Gasteiger partial charge in [-0.2, -0.15) is 0 Å². The SMILES string of the molecule is Cc1nc(C)c(Cc2cccc(F)c2)c(N2CCN(C(=O)c3ccc(-c4ccccc4)cc3)CC2)n1. The molecule has 0 saturated carbocycles. The van der Waals surface area contributed by atoms with Gasteiger partial charge in [-0.3, -0.25) is 4.79 Å². The summed E-state index contributed by atoms with van der Waals surface area (Å²) in [5.74, 6) is 1.39. The minimum atomic E-state index is -0.247. The number of benzene rings is 3. The number of aryl methyl sites for hydroxylation is 2. The van der Waals surface area contributed by atoms with Gasteiger partial charge in [-0.25, -0.2) is 14.4 Å². The molecule has 1 saturated heterocycles. The van der Waals surface area contributed by atoms with Gasteiger partial charge in [-0.15, -0.1) is 0 Å². The van der Waals surface area contributed by atoms with E-state index in [0.717, 1.165) is 33.8 Å². The molecule has 0 bridgehead atoms. The highest BCUT2D eigenvalue weighted by Gasteiger charge is 2.25. The van der Waals surface area contributed by atoms with Gasteiger partial charge in [0.15, 0.2) is 0 Å². The third kappa shape index (κ3) is 5.13. The van der Waals surface area contributed by atoms with Gasteiger partial charge in [0.25, 0.3) is 5.91 Å². The summed E-state index contributed by atoms with van der Waals surface area (Å²) in [6.07, 6.45) is 0.562. The third-order valence-corrected chi connectivity index (χ3v) is 6.68. The number of rotatable bonds is 5. The first kappa shape index (κ1) is 23.7. The summed E-state index contributed by atoms with van der Waals surface area (Å²) in [7, 11) is 0. The molecule has 0 atom stereocenters. The van der Waals surface area contributed by atoms with Gasteiger partial charge in [0, 0.05) is 49.4 Å². The quantitative estimate of drug-likeness (QED) is 0.381. The molecule has 1 amide bonds. The Kier molecular flexibility index (Phi) is 6.76. The van der Waals surface area contributed by atoms with Crippen LogP contribution in [0.3, 0.4) is 0 Å². The smallest absolute Gasteiger partial charge is 0.253 e. The lowest BCUT2D eigenvalue weighted by Crippen LogP contribution is -2.49. The molecule has 0 spiro atoms. The minimum absolute atomic E-state index is 0.0456. The predicted molar refractivity (Wildman–Crippen MR) is 141 cm³/mol. The van der Waals surface area contributed by atoms with E-state index in [1.807, 2.05) is 67.3 Å². The predicted octanol–water partition coefficient (Wildman–Crippen LogP) is 5.45. The third-order valence-electron chi connectivity index (χ3n) is 6.68. The highest BCUT2D eigenvalue weighted by Crippen LogP contribution is 2.26. The van der Waals surface area contributed by atoms with Gasteiger partial charge >= 0.3 is 0 Å². The second kappa shape index (κ2) is 10.3. The number of carbonyl (C=O) groups is 1. The number of anilines is 1. The average Bonchev–Trinajstić information content (AvgIpc) is 2.90. The van der Waals surface area contributed by atoms with Crippen LogP contribution >= 0.6 is 0 Å². The molecular formula is C30H29FN4O. The minimum Gasteiger partial charge on any atom is -0.353 e. The van der Waals surface area contributed by atoms with E-state index in [2.05, 4.69) is 22.0 Å². The van der Waals surface area contributed by atoms with Crippen LogP contribution in [-0.4, -0.2) is 47.0 Å². The molecule has 4 aromatic rings. The largest absolute Gasteiger partial charge is 0.353 e. The van der Waals surface area contributed by atoms with Crippen LogP contribution in [0.4, 0.5) is 10.2 Å². The van der Waals surface area contributed by atoms with Crippen LogP contribution in [0, 0.1) is 19.7 Å². The molecular weight excluding hydrogens is 451 g/mol. The molecule has 1 aromatic heterocycles. The molecule has 5 rings (SSSR count). The Morgan fingerprint density at radius 1 is 0.833 bits per heavy atom. The van der Waals surface area contributed by atoms with Crippen molar-refractivity contribution in [2.75, 3.05) is 31.1 Å². The van der Waals surface area contributed by atoms with Crippen LogP contribution in [0.5, 0.6) is 0 Å². The Morgan fingerprint density at radius 2 is 1.53 bits per heavy atom. The van der Waals surface area contributed by atoms with Gasteiger partial charge in [0.2, 0.25) is 0 Å². The van der Waals surface area contributed by atoms with Crippen molar-refractivity contribution < 1.29 is 9.18 Å². The Balaban J connectivity index is 1.29. The molecule has 2 heterocycles. The zero-order chi connectivity index (χ0) is 25.1. The summed E-state index contributed by atoms with van der Waals surface area (Å²) in [4.78, 5) is 26.6. The fourth-order valence-electron chi connectivity index (χ4n) is 4.78. The normalized spacial score (nSPS) is 13.6. The molecule has 0 N–H and O–H groups in total. The molecule has 3 aromatic carbocycles. The summed E-state index contributed by atoms with van der Waals surface area (Å²) < 4.78 is 13.8. The maximum atomic E-state index is 13.8. The molecule has 6 heteroatoms. The fraction of sp³-hybridized carbons (Fsp3) is 0.233. The number of carbonyl (C=O) groups excluding carboxylic acids is 1. The Hall–Kier alpha value is -4.06. The number of amides is 1. The number of aromatic nitrogens is 2. The lowest BCUT2D eigenvalue weighted by molar-refractivity contribution is 0.0746. The molecule has 0 aliphatic carbocycles. The van der Waals surface area contributed by atoms with Crippen molar-refractivity contribution in [3.63, 3.8) is 0 Å². The first-order valence-electron chi connectivity index (χ1n) is 12.3.